The summed E-state index contributed by atoms with van der Waals surface area (Å²) in [4.78, 5) is 12.2. The number of halogens is 1. The number of anilines is 1. The quantitative estimate of drug-likeness (QED) is 0.834. The molecule has 0 spiro atoms. The van der Waals surface area contributed by atoms with E-state index in [1.54, 1.807) is 12.1 Å². The number of nitrogens with one attached hydrogen (secondary N) is 2. The maximum absolute atomic E-state index is 13.8. The maximum Gasteiger partial charge on any atom is 0.253 e. The highest BCUT2D eigenvalue weighted by molar-refractivity contribution is 5.99. The van der Waals surface area contributed by atoms with Gasteiger partial charge in [-0.05, 0) is 30.4 Å². The molecular weight excluding hydrogens is 255 g/mol. The van der Waals surface area contributed by atoms with Gasteiger partial charge in [0, 0.05) is 13.1 Å². The number of carbonyl (C=O) groups is 1. The van der Waals surface area contributed by atoms with Crippen LogP contribution < -0.4 is 10.6 Å². The van der Waals surface area contributed by atoms with Gasteiger partial charge in [-0.1, -0.05) is 33.8 Å². The number of carbonyl (C=O) groups excluding carboxylic acids is 1. The standard InChI is InChI=1S/C16H25FN2O/c1-6-18-14-12(8-7-9-13(14)17)15(20)19-10-16(4,5)11(2)3/h7-9,11,18H,6,10H2,1-5H3,(H,19,20). The zero-order chi connectivity index (χ0) is 15.3. The van der Waals surface area contributed by atoms with Crippen LogP contribution in [-0.2, 0) is 0 Å². The summed E-state index contributed by atoms with van der Waals surface area (Å²) in [5.74, 6) is -0.194. The van der Waals surface area contributed by atoms with Crippen LogP contribution in [0.4, 0.5) is 10.1 Å². The minimum atomic E-state index is -0.400. The van der Waals surface area contributed by atoms with Crippen LogP contribution in [0.15, 0.2) is 18.2 Å². The van der Waals surface area contributed by atoms with Crippen molar-refractivity contribution in [3.63, 3.8) is 0 Å². The van der Waals surface area contributed by atoms with E-state index in [0.717, 1.165) is 0 Å². The molecule has 0 radical (unpaired) electrons. The van der Waals surface area contributed by atoms with Gasteiger partial charge in [0.05, 0.1) is 11.3 Å². The highest BCUT2D eigenvalue weighted by atomic mass is 19.1. The third-order valence-electron chi connectivity index (χ3n) is 3.88. The van der Waals surface area contributed by atoms with Crippen molar-refractivity contribution >= 4 is 11.6 Å². The number of benzene rings is 1. The Labute approximate surface area is 121 Å². The van der Waals surface area contributed by atoms with Gasteiger partial charge in [0.15, 0.2) is 0 Å². The van der Waals surface area contributed by atoms with Crippen molar-refractivity contribution in [2.45, 2.75) is 34.6 Å². The first-order valence-corrected chi connectivity index (χ1v) is 7.10. The van der Waals surface area contributed by atoms with Crippen molar-refractivity contribution in [2.24, 2.45) is 11.3 Å². The van der Waals surface area contributed by atoms with Crippen LogP contribution in [0.5, 0.6) is 0 Å². The molecule has 1 amide bonds. The summed E-state index contributed by atoms with van der Waals surface area (Å²) in [5.41, 5.74) is 0.627. The predicted octanol–water partition coefficient (Wildman–Crippen LogP) is 3.67. The van der Waals surface area contributed by atoms with E-state index >= 15 is 0 Å². The van der Waals surface area contributed by atoms with Crippen LogP contribution >= 0.6 is 0 Å². The van der Waals surface area contributed by atoms with E-state index < -0.39 is 5.82 Å². The molecule has 0 aliphatic heterocycles. The predicted molar refractivity (Wildman–Crippen MR) is 81.5 cm³/mol. The average molecular weight is 280 g/mol. The molecular formula is C16H25FN2O. The Hall–Kier alpha value is -1.58. The summed E-state index contributed by atoms with van der Waals surface area (Å²) >= 11 is 0. The van der Waals surface area contributed by atoms with Crippen molar-refractivity contribution < 1.29 is 9.18 Å². The number of para-hydroxylation sites is 1. The Balaban J connectivity index is 2.85. The van der Waals surface area contributed by atoms with Crippen LogP contribution in [0.2, 0.25) is 0 Å². The van der Waals surface area contributed by atoms with Crippen molar-refractivity contribution in [3.05, 3.63) is 29.6 Å². The second-order valence-corrected chi connectivity index (χ2v) is 6.02. The van der Waals surface area contributed by atoms with Gasteiger partial charge in [-0.2, -0.15) is 0 Å². The van der Waals surface area contributed by atoms with Gasteiger partial charge in [-0.3, -0.25) is 4.79 Å². The molecule has 0 saturated carbocycles. The molecule has 0 fully saturated rings. The van der Waals surface area contributed by atoms with Crippen molar-refractivity contribution in [1.82, 2.24) is 5.32 Å². The van der Waals surface area contributed by atoms with Gasteiger partial charge in [0.1, 0.15) is 5.82 Å². The molecule has 20 heavy (non-hydrogen) atoms. The number of hydrogen-bond acceptors (Lipinski definition) is 2. The van der Waals surface area contributed by atoms with E-state index in [1.807, 2.05) is 6.92 Å². The summed E-state index contributed by atoms with van der Waals surface area (Å²) in [6.07, 6.45) is 0. The maximum atomic E-state index is 13.8. The van der Waals surface area contributed by atoms with Crippen LogP contribution in [0, 0.1) is 17.2 Å². The Morgan fingerprint density at radius 2 is 2.00 bits per heavy atom. The highest BCUT2D eigenvalue weighted by Gasteiger charge is 2.24. The molecule has 0 aliphatic rings. The van der Waals surface area contributed by atoms with Gasteiger partial charge in [-0.25, -0.2) is 4.39 Å². The summed E-state index contributed by atoms with van der Waals surface area (Å²) in [6, 6.07) is 4.55. The van der Waals surface area contributed by atoms with E-state index in [-0.39, 0.29) is 17.0 Å². The second-order valence-electron chi connectivity index (χ2n) is 6.02. The smallest absolute Gasteiger partial charge is 0.253 e. The molecule has 1 rings (SSSR count). The third-order valence-corrected chi connectivity index (χ3v) is 3.88. The molecule has 4 heteroatoms. The molecule has 0 atom stereocenters. The highest BCUT2D eigenvalue weighted by Crippen LogP contribution is 2.25. The van der Waals surface area contributed by atoms with Crippen LogP contribution in [-0.4, -0.2) is 19.0 Å². The van der Waals surface area contributed by atoms with Crippen LogP contribution in [0.25, 0.3) is 0 Å². The number of amides is 1. The van der Waals surface area contributed by atoms with Crippen LogP contribution in [0.1, 0.15) is 45.0 Å². The van der Waals surface area contributed by atoms with Gasteiger partial charge in [-0.15, -0.1) is 0 Å². The Morgan fingerprint density at radius 3 is 2.55 bits per heavy atom. The first kappa shape index (κ1) is 16.5. The summed E-state index contributed by atoms with van der Waals surface area (Å²) in [6.45, 7) is 11.5. The molecule has 0 heterocycles. The second kappa shape index (κ2) is 6.73. The van der Waals surface area contributed by atoms with E-state index in [0.29, 0.717) is 24.6 Å². The topological polar surface area (TPSA) is 41.1 Å². The lowest BCUT2D eigenvalue weighted by Gasteiger charge is -2.29. The fraction of sp³-hybridized carbons (Fsp3) is 0.562. The number of rotatable bonds is 6. The first-order chi connectivity index (χ1) is 9.29. The molecule has 0 unspecified atom stereocenters. The molecule has 0 saturated heterocycles. The molecule has 1 aromatic carbocycles. The molecule has 2 N–H and O–H groups in total. The van der Waals surface area contributed by atoms with Gasteiger partial charge in [0.25, 0.3) is 5.91 Å². The zero-order valence-electron chi connectivity index (χ0n) is 13.0. The SMILES string of the molecule is CCNc1c(F)cccc1C(=O)NCC(C)(C)C(C)C. The average Bonchev–Trinajstić information content (AvgIpc) is 2.38. The fourth-order valence-corrected chi connectivity index (χ4v) is 1.68. The Bertz CT molecular complexity index is 470. The molecule has 1 aromatic rings. The van der Waals surface area contributed by atoms with E-state index in [4.69, 9.17) is 0 Å². The largest absolute Gasteiger partial charge is 0.382 e. The van der Waals surface area contributed by atoms with Gasteiger partial charge in [0.2, 0.25) is 0 Å². The Morgan fingerprint density at radius 1 is 1.35 bits per heavy atom. The minimum Gasteiger partial charge on any atom is -0.382 e. The monoisotopic (exact) mass is 280 g/mol. The third kappa shape index (κ3) is 3.95. The van der Waals surface area contributed by atoms with E-state index in [1.165, 1.54) is 6.07 Å². The molecule has 0 bridgehead atoms. The van der Waals surface area contributed by atoms with Crippen molar-refractivity contribution in [1.29, 1.82) is 0 Å². The molecule has 3 nitrogen and oxygen atoms in total. The van der Waals surface area contributed by atoms with E-state index in [2.05, 4.69) is 38.3 Å². The summed E-state index contributed by atoms with van der Waals surface area (Å²) in [5, 5.41) is 5.81. The molecule has 0 aromatic heterocycles. The van der Waals surface area contributed by atoms with Crippen molar-refractivity contribution in [2.75, 3.05) is 18.4 Å². The molecule has 112 valence electrons. The summed E-state index contributed by atoms with van der Waals surface area (Å²) in [7, 11) is 0. The molecule has 0 aliphatic carbocycles. The van der Waals surface area contributed by atoms with Gasteiger partial charge >= 0.3 is 0 Å². The minimum absolute atomic E-state index is 0.00132. The van der Waals surface area contributed by atoms with E-state index in [9.17, 15) is 9.18 Å². The van der Waals surface area contributed by atoms with Gasteiger partial charge < -0.3 is 10.6 Å². The lowest BCUT2D eigenvalue weighted by molar-refractivity contribution is 0.0925. The lowest BCUT2D eigenvalue weighted by Crippen LogP contribution is -2.37. The zero-order valence-corrected chi connectivity index (χ0v) is 13.0. The lowest BCUT2D eigenvalue weighted by atomic mass is 9.81. The summed E-state index contributed by atoms with van der Waals surface area (Å²) < 4.78 is 13.8. The number of hydrogen-bond donors (Lipinski definition) is 2. The van der Waals surface area contributed by atoms with Crippen molar-refractivity contribution in [3.8, 4) is 0 Å². The fourth-order valence-electron chi connectivity index (χ4n) is 1.68. The Kier molecular flexibility index (Phi) is 5.54. The normalized spacial score (nSPS) is 11.6. The van der Waals surface area contributed by atoms with Crippen LogP contribution in [0.3, 0.4) is 0 Å². The first-order valence-electron chi connectivity index (χ1n) is 7.10.